The zero-order valence-electron chi connectivity index (χ0n) is 13.7. The maximum atomic E-state index is 12.6. The third-order valence-electron chi connectivity index (χ3n) is 7.56. The fraction of sp³-hybridized carbons (Fsp3) is 0.700. The van der Waals surface area contributed by atoms with E-state index in [1.165, 1.54) is 0 Å². The van der Waals surface area contributed by atoms with Crippen LogP contribution in [0.4, 0.5) is 0 Å². The number of allylic oxidation sites excluding steroid dienone is 1. The average molecular weight is 312 g/mol. The average Bonchev–Trinajstić information content (AvgIpc) is 2.80. The minimum absolute atomic E-state index is 0.103. The van der Waals surface area contributed by atoms with Crippen LogP contribution in [0.5, 0.6) is 0 Å². The minimum Gasteiger partial charge on any atom is -0.377 e. The molecule has 3 saturated carbocycles. The van der Waals surface area contributed by atoms with E-state index < -0.39 is 5.60 Å². The Labute approximate surface area is 137 Å². The van der Waals surface area contributed by atoms with Crippen molar-refractivity contribution in [2.24, 2.45) is 29.1 Å². The van der Waals surface area contributed by atoms with Crippen molar-refractivity contribution in [3.8, 4) is 12.3 Å². The molecule has 6 atom stereocenters. The molecule has 0 aliphatic heterocycles. The fourth-order valence-corrected chi connectivity index (χ4v) is 6.23. The Bertz CT molecular complexity index is 654. The van der Waals surface area contributed by atoms with Crippen molar-refractivity contribution in [3.63, 3.8) is 0 Å². The van der Waals surface area contributed by atoms with Crippen LogP contribution in [0.1, 0.15) is 51.9 Å². The lowest BCUT2D eigenvalue weighted by molar-refractivity contribution is -0.130. The molecule has 3 nitrogen and oxygen atoms in total. The van der Waals surface area contributed by atoms with Crippen LogP contribution in [-0.2, 0) is 9.59 Å². The minimum atomic E-state index is -1.02. The summed E-state index contributed by atoms with van der Waals surface area (Å²) in [5, 5.41) is 10.9. The Morgan fingerprint density at radius 3 is 2.74 bits per heavy atom. The largest absolute Gasteiger partial charge is 0.377 e. The van der Waals surface area contributed by atoms with Gasteiger partial charge in [0.2, 0.25) is 0 Å². The van der Waals surface area contributed by atoms with Crippen molar-refractivity contribution in [1.82, 2.24) is 0 Å². The van der Waals surface area contributed by atoms with Crippen LogP contribution in [0.25, 0.3) is 0 Å². The first kappa shape index (κ1) is 15.1. The third kappa shape index (κ3) is 1.88. The van der Waals surface area contributed by atoms with E-state index >= 15 is 0 Å². The van der Waals surface area contributed by atoms with E-state index in [1.54, 1.807) is 6.08 Å². The summed E-state index contributed by atoms with van der Waals surface area (Å²) in [5.41, 5.74) is -0.504. The summed E-state index contributed by atoms with van der Waals surface area (Å²) < 4.78 is 0. The maximum Gasteiger partial charge on any atom is 0.159 e. The summed E-state index contributed by atoms with van der Waals surface area (Å²) in [4.78, 5) is 24.3. The molecule has 4 rings (SSSR count). The summed E-state index contributed by atoms with van der Waals surface area (Å²) >= 11 is 0. The van der Waals surface area contributed by atoms with Gasteiger partial charge in [0.15, 0.2) is 11.6 Å². The summed E-state index contributed by atoms with van der Waals surface area (Å²) in [7, 11) is 0. The normalized spacial score (nSPS) is 48.8. The number of ketones is 2. The zero-order chi connectivity index (χ0) is 16.4. The van der Waals surface area contributed by atoms with Gasteiger partial charge < -0.3 is 5.11 Å². The van der Waals surface area contributed by atoms with Crippen molar-refractivity contribution >= 4 is 11.6 Å². The highest BCUT2D eigenvalue weighted by atomic mass is 16.3. The van der Waals surface area contributed by atoms with Gasteiger partial charge in [0.1, 0.15) is 5.60 Å². The molecule has 23 heavy (non-hydrogen) atoms. The summed E-state index contributed by atoms with van der Waals surface area (Å²) in [6, 6.07) is 0. The van der Waals surface area contributed by atoms with Gasteiger partial charge in [-0.3, -0.25) is 9.59 Å². The molecule has 3 fully saturated rings. The molecule has 4 aliphatic rings. The van der Waals surface area contributed by atoms with Crippen molar-refractivity contribution in [2.45, 2.75) is 57.5 Å². The van der Waals surface area contributed by atoms with Crippen LogP contribution >= 0.6 is 0 Å². The Kier molecular flexibility index (Phi) is 3.16. The number of carbonyl (C=O) groups excluding carboxylic acids is 2. The second kappa shape index (κ2) is 4.80. The Hall–Kier alpha value is -1.40. The standard InChI is InChI=1S/C20H24O3/c1-3-20(23)9-7-17-15-11-18(22)16-10-12(21)4-5-13(16)14(15)6-8-19(17,20)2/h1,10,13-15,17,23H,4-9,11H2,2H3/t13-,14-,15-,17+,19+,20-/m1/s1. The van der Waals surface area contributed by atoms with Gasteiger partial charge in [0, 0.05) is 23.8 Å². The molecule has 122 valence electrons. The molecular weight excluding hydrogens is 288 g/mol. The number of aliphatic hydroxyl groups is 1. The molecule has 4 aliphatic carbocycles. The molecule has 0 heterocycles. The lowest BCUT2D eigenvalue weighted by atomic mass is 9.50. The van der Waals surface area contributed by atoms with Gasteiger partial charge in [0.25, 0.3) is 0 Å². The van der Waals surface area contributed by atoms with Crippen LogP contribution in [0, 0.1) is 41.4 Å². The van der Waals surface area contributed by atoms with Crippen LogP contribution in [0.2, 0.25) is 0 Å². The van der Waals surface area contributed by atoms with E-state index in [2.05, 4.69) is 12.8 Å². The van der Waals surface area contributed by atoms with Gasteiger partial charge in [0.05, 0.1) is 0 Å². The molecule has 0 aromatic carbocycles. The van der Waals surface area contributed by atoms with Crippen LogP contribution in [0.3, 0.4) is 0 Å². The first-order valence-electron chi connectivity index (χ1n) is 8.87. The van der Waals surface area contributed by atoms with E-state index in [-0.39, 0.29) is 22.9 Å². The smallest absolute Gasteiger partial charge is 0.159 e. The predicted octanol–water partition coefficient (Wildman–Crippen LogP) is 2.67. The predicted molar refractivity (Wildman–Crippen MR) is 86.3 cm³/mol. The molecule has 0 aromatic heterocycles. The number of fused-ring (bicyclic) bond motifs is 5. The van der Waals surface area contributed by atoms with Gasteiger partial charge >= 0.3 is 0 Å². The number of hydrogen-bond donors (Lipinski definition) is 1. The molecule has 0 spiro atoms. The first-order chi connectivity index (χ1) is 10.9. The van der Waals surface area contributed by atoms with Crippen molar-refractivity contribution in [1.29, 1.82) is 0 Å². The lowest BCUT2D eigenvalue weighted by Gasteiger charge is -2.54. The lowest BCUT2D eigenvalue weighted by Crippen LogP contribution is -2.53. The van der Waals surface area contributed by atoms with E-state index in [9.17, 15) is 14.7 Å². The summed E-state index contributed by atoms with van der Waals surface area (Å²) in [5.74, 6) is 4.30. The van der Waals surface area contributed by atoms with E-state index in [0.717, 1.165) is 31.3 Å². The molecule has 0 radical (unpaired) electrons. The number of carbonyl (C=O) groups is 2. The number of Topliss-reactive ketones (excluding diaryl/α,β-unsaturated/α-hetero) is 1. The van der Waals surface area contributed by atoms with Gasteiger partial charge in [-0.2, -0.15) is 0 Å². The zero-order valence-corrected chi connectivity index (χ0v) is 13.7. The Morgan fingerprint density at radius 1 is 1.22 bits per heavy atom. The van der Waals surface area contributed by atoms with Crippen LogP contribution < -0.4 is 0 Å². The molecule has 1 N–H and O–H groups in total. The van der Waals surface area contributed by atoms with E-state index in [1.807, 2.05) is 0 Å². The fourth-order valence-electron chi connectivity index (χ4n) is 6.23. The topological polar surface area (TPSA) is 54.4 Å². The van der Waals surface area contributed by atoms with E-state index in [4.69, 9.17) is 6.42 Å². The molecule has 0 unspecified atom stereocenters. The second-order valence-electron chi connectivity index (χ2n) is 8.27. The van der Waals surface area contributed by atoms with Gasteiger partial charge in [-0.25, -0.2) is 0 Å². The number of hydrogen-bond acceptors (Lipinski definition) is 3. The highest BCUT2D eigenvalue weighted by molar-refractivity contribution is 6.05. The molecule has 0 amide bonds. The summed E-state index contributed by atoms with van der Waals surface area (Å²) in [6.45, 7) is 2.13. The van der Waals surface area contributed by atoms with Gasteiger partial charge in [-0.15, -0.1) is 6.42 Å². The van der Waals surface area contributed by atoms with Crippen molar-refractivity contribution < 1.29 is 14.7 Å². The Balaban J connectivity index is 1.70. The highest BCUT2D eigenvalue weighted by Crippen LogP contribution is 2.64. The first-order valence-corrected chi connectivity index (χ1v) is 8.87. The van der Waals surface area contributed by atoms with Crippen LogP contribution in [0.15, 0.2) is 11.6 Å². The molecule has 0 saturated heterocycles. The number of rotatable bonds is 0. The molecule has 3 heteroatoms. The van der Waals surface area contributed by atoms with Crippen molar-refractivity contribution in [2.75, 3.05) is 0 Å². The highest BCUT2D eigenvalue weighted by Gasteiger charge is 2.62. The molecule has 0 bridgehead atoms. The SMILES string of the molecule is C#C[C@@]1(O)CC[C@H]2[C@@H]3CC(=O)C4=CC(=O)CC[C@@H]4[C@H]3CC[C@@]21C. The third-order valence-corrected chi connectivity index (χ3v) is 7.56. The van der Waals surface area contributed by atoms with Crippen molar-refractivity contribution in [3.05, 3.63) is 11.6 Å². The van der Waals surface area contributed by atoms with E-state index in [0.29, 0.717) is 37.0 Å². The monoisotopic (exact) mass is 312 g/mol. The summed E-state index contributed by atoms with van der Waals surface area (Å²) in [6.07, 6.45) is 12.7. The second-order valence-corrected chi connectivity index (χ2v) is 8.27. The Morgan fingerprint density at radius 2 is 2.00 bits per heavy atom. The van der Waals surface area contributed by atoms with Gasteiger partial charge in [-0.05, 0) is 61.9 Å². The number of terminal acetylenes is 1. The van der Waals surface area contributed by atoms with Crippen LogP contribution in [-0.4, -0.2) is 22.3 Å². The van der Waals surface area contributed by atoms with Gasteiger partial charge in [-0.1, -0.05) is 12.8 Å². The molecular formula is C20H24O3. The maximum absolute atomic E-state index is 12.6. The molecule has 0 aromatic rings. The quantitative estimate of drug-likeness (QED) is 0.700.